The molecule has 1 aromatic heterocycles. The average molecular weight is 259 g/mol. The zero-order valence-electron chi connectivity index (χ0n) is 9.23. The molecule has 1 saturated carbocycles. The lowest BCUT2D eigenvalue weighted by atomic mass is 9.78. The summed E-state index contributed by atoms with van der Waals surface area (Å²) in [4.78, 5) is 17.4. The van der Waals surface area contributed by atoms with Crippen LogP contribution in [0.1, 0.15) is 25.1 Å². The maximum atomic E-state index is 11.9. The molecule has 17 heavy (non-hydrogen) atoms. The van der Waals surface area contributed by atoms with Crippen molar-refractivity contribution in [1.82, 2.24) is 14.7 Å². The van der Waals surface area contributed by atoms with Gasteiger partial charge in [0.15, 0.2) is 5.03 Å². The Labute approximate surface area is 98.3 Å². The van der Waals surface area contributed by atoms with Gasteiger partial charge in [-0.3, -0.25) is 4.79 Å². The topological polar surface area (TPSA) is 112 Å². The molecule has 2 rings (SSSR count). The first-order chi connectivity index (χ1) is 7.86. The number of hydrogen-bond acceptors (Lipinski definition) is 4. The average Bonchev–Trinajstić information content (AvgIpc) is 2.58. The summed E-state index contributed by atoms with van der Waals surface area (Å²) in [6.45, 7) is 1.62. The van der Waals surface area contributed by atoms with E-state index in [1.807, 2.05) is 0 Å². The van der Waals surface area contributed by atoms with E-state index < -0.39 is 21.5 Å². The van der Waals surface area contributed by atoms with E-state index in [9.17, 15) is 13.2 Å². The molecule has 7 nitrogen and oxygen atoms in total. The summed E-state index contributed by atoms with van der Waals surface area (Å²) in [5.41, 5.74) is -1.35. The van der Waals surface area contributed by atoms with Crippen LogP contribution in [-0.2, 0) is 14.8 Å². The second-order valence-corrected chi connectivity index (χ2v) is 5.83. The van der Waals surface area contributed by atoms with Crippen molar-refractivity contribution >= 4 is 16.0 Å². The Morgan fingerprint density at radius 1 is 1.59 bits per heavy atom. The first-order valence-corrected chi connectivity index (χ1v) is 6.63. The van der Waals surface area contributed by atoms with Crippen LogP contribution in [-0.4, -0.2) is 35.0 Å². The summed E-state index contributed by atoms with van der Waals surface area (Å²) in [6, 6.07) is 0. The predicted molar refractivity (Wildman–Crippen MR) is 57.9 cm³/mol. The molecule has 0 bridgehead atoms. The van der Waals surface area contributed by atoms with Gasteiger partial charge in [-0.1, -0.05) is 0 Å². The minimum absolute atomic E-state index is 0.109. The molecule has 8 heteroatoms. The fraction of sp³-hybridized carbons (Fsp3) is 0.556. The number of rotatable bonds is 4. The number of aromatic amines is 1. The third kappa shape index (κ3) is 2.05. The molecule has 0 saturated heterocycles. The highest BCUT2D eigenvalue weighted by molar-refractivity contribution is 7.89. The minimum Gasteiger partial charge on any atom is -0.480 e. The number of nitrogens with one attached hydrogen (secondary N) is 2. The number of sulfonamides is 1. The summed E-state index contributed by atoms with van der Waals surface area (Å²) >= 11 is 0. The van der Waals surface area contributed by atoms with Gasteiger partial charge >= 0.3 is 5.97 Å². The monoisotopic (exact) mass is 259 g/mol. The van der Waals surface area contributed by atoms with E-state index in [0.29, 0.717) is 25.1 Å². The second kappa shape index (κ2) is 3.81. The summed E-state index contributed by atoms with van der Waals surface area (Å²) in [5, 5.41) is 8.94. The van der Waals surface area contributed by atoms with E-state index in [4.69, 9.17) is 5.11 Å². The Kier molecular flexibility index (Phi) is 2.70. The van der Waals surface area contributed by atoms with Crippen LogP contribution in [0.3, 0.4) is 0 Å². The van der Waals surface area contributed by atoms with Gasteiger partial charge in [0.05, 0.1) is 6.20 Å². The molecular formula is C9H13N3O4S. The van der Waals surface area contributed by atoms with Crippen LogP contribution in [0.15, 0.2) is 11.2 Å². The number of H-pyrrole nitrogens is 1. The van der Waals surface area contributed by atoms with Crippen LogP contribution >= 0.6 is 0 Å². The Bertz CT molecular complexity index is 544. The van der Waals surface area contributed by atoms with Gasteiger partial charge < -0.3 is 10.1 Å². The lowest BCUT2D eigenvalue weighted by molar-refractivity contribution is -0.147. The van der Waals surface area contributed by atoms with Gasteiger partial charge in [-0.2, -0.15) is 4.72 Å². The van der Waals surface area contributed by atoms with Gasteiger partial charge in [-0.25, -0.2) is 13.4 Å². The van der Waals surface area contributed by atoms with E-state index in [2.05, 4.69) is 14.7 Å². The van der Waals surface area contributed by atoms with Crippen LogP contribution in [0.5, 0.6) is 0 Å². The lowest BCUT2D eigenvalue weighted by Crippen LogP contribution is -2.58. The van der Waals surface area contributed by atoms with E-state index >= 15 is 0 Å². The van der Waals surface area contributed by atoms with Crippen LogP contribution in [0.25, 0.3) is 0 Å². The first kappa shape index (κ1) is 12.1. The molecule has 1 fully saturated rings. The Morgan fingerprint density at radius 3 is 2.59 bits per heavy atom. The van der Waals surface area contributed by atoms with Crippen molar-refractivity contribution in [1.29, 1.82) is 0 Å². The van der Waals surface area contributed by atoms with Crippen LogP contribution in [0.4, 0.5) is 0 Å². The molecule has 0 aliphatic heterocycles. The van der Waals surface area contributed by atoms with Gasteiger partial charge in [-0.15, -0.1) is 0 Å². The first-order valence-electron chi connectivity index (χ1n) is 5.15. The number of carboxylic acid groups (broad SMARTS) is 1. The van der Waals surface area contributed by atoms with Crippen molar-refractivity contribution in [3.63, 3.8) is 0 Å². The lowest BCUT2D eigenvalue weighted by Gasteiger charge is -2.37. The van der Waals surface area contributed by atoms with Crippen molar-refractivity contribution in [2.24, 2.45) is 0 Å². The zero-order valence-corrected chi connectivity index (χ0v) is 10.0. The number of hydrogen-bond donors (Lipinski definition) is 3. The molecule has 0 spiro atoms. The number of nitrogens with zero attached hydrogens (tertiary/aromatic N) is 1. The molecule has 3 N–H and O–H groups in total. The van der Waals surface area contributed by atoms with Crippen LogP contribution in [0, 0.1) is 6.92 Å². The predicted octanol–water partition coefficient (Wildman–Crippen LogP) is 0.00372. The molecule has 1 heterocycles. The Morgan fingerprint density at radius 2 is 2.24 bits per heavy atom. The molecule has 1 aliphatic carbocycles. The quantitative estimate of drug-likeness (QED) is 0.704. The number of carboxylic acids is 1. The highest BCUT2D eigenvalue weighted by Gasteiger charge is 2.47. The third-order valence-electron chi connectivity index (χ3n) is 2.92. The third-order valence-corrected chi connectivity index (χ3v) is 4.36. The molecular weight excluding hydrogens is 246 g/mol. The number of imidazole rings is 1. The number of aromatic nitrogens is 2. The van der Waals surface area contributed by atoms with Gasteiger partial charge in [0, 0.05) is 0 Å². The van der Waals surface area contributed by atoms with Crippen molar-refractivity contribution in [3.8, 4) is 0 Å². The zero-order chi connectivity index (χ0) is 12.7. The Balaban J connectivity index is 2.26. The number of aliphatic carboxylic acids is 1. The smallest absolute Gasteiger partial charge is 0.324 e. The fourth-order valence-electron chi connectivity index (χ4n) is 1.74. The van der Waals surface area contributed by atoms with Crippen molar-refractivity contribution in [2.45, 2.75) is 36.8 Å². The maximum absolute atomic E-state index is 11.9. The van der Waals surface area contributed by atoms with Crippen LogP contribution < -0.4 is 4.72 Å². The van der Waals surface area contributed by atoms with Gasteiger partial charge in [-0.05, 0) is 26.2 Å². The van der Waals surface area contributed by atoms with E-state index in [-0.39, 0.29) is 5.03 Å². The highest BCUT2D eigenvalue weighted by atomic mass is 32.2. The van der Waals surface area contributed by atoms with Crippen LogP contribution in [0.2, 0.25) is 0 Å². The SMILES string of the molecule is Cc1ncc(S(=O)(=O)NC2(C(=O)O)CCC2)[nH]1. The fourth-order valence-corrected chi connectivity index (χ4v) is 3.13. The number of aryl methyl sites for hydroxylation is 1. The van der Waals surface area contributed by atoms with E-state index in [1.165, 1.54) is 6.20 Å². The second-order valence-electron chi connectivity index (χ2n) is 4.18. The molecule has 0 amide bonds. The molecule has 1 aliphatic rings. The van der Waals surface area contributed by atoms with Gasteiger partial charge in [0.25, 0.3) is 10.0 Å². The summed E-state index contributed by atoms with van der Waals surface area (Å²) in [6.07, 6.45) is 2.51. The molecule has 0 unspecified atom stereocenters. The van der Waals surface area contributed by atoms with Crippen molar-refractivity contribution < 1.29 is 18.3 Å². The number of carbonyl (C=O) groups is 1. The summed E-state index contributed by atoms with van der Waals surface area (Å²) in [7, 11) is -3.85. The molecule has 0 atom stereocenters. The standard InChI is InChI=1S/C9H13N3O4S/c1-6-10-5-7(11-6)17(15,16)12-9(8(13)14)3-2-4-9/h5,12H,2-4H2,1H3,(H,10,11)(H,13,14). The molecule has 0 aromatic carbocycles. The normalized spacial score (nSPS) is 18.6. The summed E-state index contributed by atoms with van der Waals surface area (Å²) < 4.78 is 26.1. The van der Waals surface area contributed by atoms with Crippen molar-refractivity contribution in [3.05, 3.63) is 12.0 Å². The van der Waals surface area contributed by atoms with Gasteiger partial charge in [0.1, 0.15) is 11.4 Å². The van der Waals surface area contributed by atoms with Crippen molar-refractivity contribution in [2.75, 3.05) is 0 Å². The van der Waals surface area contributed by atoms with E-state index in [1.54, 1.807) is 6.92 Å². The highest BCUT2D eigenvalue weighted by Crippen LogP contribution is 2.33. The molecule has 1 aromatic rings. The molecule has 0 radical (unpaired) electrons. The molecule has 94 valence electrons. The largest absolute Gasteiger partial charge is 0.480 e. The minimum atomic E-state index is -3.85. The van der Waals surface area contributed by atoms with Gasteiger partial charge in [0.2, 0.25) is 0 Å². The summed E-state index contributed by atoms with van der Waals surface area (Å²) in [5.74, 6) is -0.674. The van der Waals surface area contributed by atoms with E-state index in [0.717, 1.165) is 0 Å². The Hall–Kier alpha value is -1.41. The maximum Gasteiger partial charge on any atom is 0.324 e.